The van der Waals surface area contributed by atoms with E-state index in [0.717, 1.165) is 12.0 Å². The third kappa shape index (κ3) is 4.19. The van der Waals surface area contributed by atoms with E-state index in [-0.39, 0.29) is 11.8 Å². The van der Waals surface area contributed by atoms with Gasteiger partial charge in [0.05, 0.1) is 12.1 Å². The van der Waals surface area contributed by atoms with Gasteiger partial charge in [-0.1, -0.05) is 13.8 Å². The van der Waals surface area contributed by atoms with Crippen molar-refractivity contribution >= 4 is 5.91 Å². The number of hydrogen-bond acceptors (Lipinski definition) is 3. The number of rotatable bonds is 6. The van der Waals surface area contributed by atoms with Gasteiger partial charge in [-0.15, -0.1) is 0 Å². The van der Waals surface area contributed by atoms with Crippen LogP contribution in [-0.2, 0) is 11.3 Å². The maximum absolute atomic E-state index is 12.2. The van der Waals surface area contributed by atoms with Crippen LogP contribution >= 0.6 is 0 Å². The van der Waals surface area contributed by atoms with Crippen molar-refractivity contribution in [2.45, 2.75) is 26.8 Å². The second-order valence-corrected chi connectivity index (χ2v) is 4.86. The molecule has 3 N–H and O–H groups in total. The van der Waals surface area contributed by atoms with Crippen LogP contribution in [-0.4, -0.2) is 34.6 Å². The zero-order chi connectivity index (χ0) is 12.8. The van der Waals surface area contributed by atoms with Gasteiger partial charge >= 0.3 is 0 Å². The summed E-state index contributed by atoms with van der Waals surface area (Å²) in [5.41, 5.74) is 6.67. The second kappa shape index (κ2) is 6.39. The van der Waals surface area contributed by atoms with Crippen molar-refractivity contribution in [3.63, 3.8) is 0 Å². The minimum absolute atomic E-state index is 0.0769. The van der Waals surface area contributed by atoms with Crippen molar-refractivity contribution in [3.8, 4) is 0 Å². The Kier molecular flexibility index (Phi) is 5.15. The Labute approximate surface area is 102 Å². The molecule has 5 heteroatoms. The Hall–Kier alpha value is -1.36. The molecule has 1 unspecified atom stereocenters. The molecule has 1 heterocycles. The summed E-state index contributed by atoms with van der Waals surface area (Å²) in [5.74, 6) is 0.518. The first-order chi connectivity index (χ1) is 8.04. The van der Waals surface area contributed by atoms with Crippen molar-refractivity contribution in [2.75, 3.05) is 13.6 Å². The second-order valence-electron chi connectivity index (χ2n) is 4.86. The minimum atomic E-state index is -0.0769. The number of aromatic nitrogens is 2. The molecule has 0 aliphatic heterocycles. The van der Waals surface area contributed by atoms with Crippen LogP contribution in [0.4, 0.5) is 0 Å². The molecule has 0 aliphatic carbocycles. The zero-order valence-corrected chi connectivity index (χ0v) is 10.8. The van der Waals surface area contributed by atoms with Gasteiger partial charge in [0.15, 0.2) is 0 Å². The van der Waals surface area contributed by atoms with E-state index in [1.807, 2.05) is 0 Å². The first-order valence-corrected chi connectivity index (χ1v) is 5.97. The van der Waals surface area contributed by atoms with Gasteiger partial charge < -0.3 is 10.6 Å². The Morgan fingerprint density at radius 1 is 1.59 bits per heavy atom. The van der Waals surface area contributed by atoms with Crippen molar-refractivity contribution in [3.05, 3.63) is 18.0 Å². The highest BCUT2D eigenvalue weighted by atomic mass is 16.2. The number of hydrogen-bond donors (Lipinski definition) is 2. The highest BCUT2D eigenvalue weighted by Gasteiger charge is 2.21. The first kappa shape index (κ1) is 13.7. The number of amides is 1. The number of nitrogens with zero attached hydrogens (tertiary/aromatic N) is 2. The van der Waals surface area contributed by atoms with Gasteiger partial charge in [0.25, 0.3) is 0 Å². The Morgan fingerprint density at radius 3 is 2.76 bits per heavy atom. The SMILES string of the molecule is CC(C)CC(CN)C(=O)N(C)Cc1cn[nH]c1. The minimum Gasteiger partial charge on any atom is -0.341 e. The average molecular weight is 238 g/mol. The number of H-pyrrole nitrogens is 1. The highest BCUT2D eigenvalue weighted by molar-refractivity contribution is 5.78. The van der Waals surface area contributed by atoms with Gasteiger partial charge in [-0.2, -0.15) is 5.10 Å². The van der Waals surface area contributed by atoms with Gasteiger partial charge in [-0.25, -0.2) is 0 Å². The molecule has 0 aromatic carbocycles. The molecule has 0 spiro atoms. The Bertz CT molecular complexity index is 334. The third-order valence-corrected chi connectivity index (χ3v) is 2.74. The predicted molar refractivity (Wildman–Crippen MR) is 67.1 cm³/mol. The first-order valence-electron chi connectivity index (χ1n) is 5.97. The van der Waals surface area contributed by atoms with Crippen LogP contribution in [0.15, 0.2) is 12.4 Å². The van der Waals surface area contributed by atoms with Gasteiger partial charge in [-0.3, -0.25) is 9.89 Å². The molecule has 0 bridgehead atoms. The fourth-order valence-corrected chi connectivity index (χ4v) is 1.89. The molecule has 0 fully saturated rings. The van der Waals surface area contributed by atoms with E-state index in [1.165, 1.54) is 0 Å². The molecule has 0 radical (unpaired) electrons. The molecule has 1 aromatic heterocycles. The zero-order valence-electron chi connectivity index (χ0n) is 10.8. The molecular weight excluding hydrogens is 216 g/mol. The van der Waals surface area contributed by atoms with Crippen LogP contribution in [0.2, 0.25) is 0 Å². The summed E-state index contributed by atoms with van der Waals surface area (Å²) in [5, 5.41) is 6.60. The quantitative estimate of drug-likeness (QED) is 0.776. The van der Waals surface area contributed by atoms with Crippen molar-refractivity contribution in [2.24, 2.45) is 17.6 Å². The molecule has 1 rings (SSSR count). The predicted octanol–water partition coefficient (Wildman–Crippen LogP) is 0.989. The summed E-state index contributed by atoms with van der Waals surface area (Å²) in [6.07, 6.45) is 4.36. The maximum Gasteiger partial charge on any atom is 0.227 e. The number of aromatic amines is 1. The van der Waals surface area contributed by atoms with E-state index in [9.17, 15) is 4.79 Å². The van der Waals surface area contributed by atoms with Gasteiger partial charge in [0.2, 0.25) is 5.91 Å². The lowest BCUT2D eigenvalue weighted by molar-refractivity contribution is -0.134. The lowest BCUT2D eigenvalue weighted by Crippen LogP contribution is -2.36. The van der Waals surface area contributed by atoms with Crippen molar-refractivity contribution in [1.82, 2.24) is 15.1 Å². The normalized spacial score (nSPS) is 12.8. The molecule has 96 valence electrons. The summed E-state index contributed by atoms with van der Waals surface area (Å²) in [6.45, 7) is 5.19. The summed E-state index contributed by atoms with van der Waals surface area (Å²) < 4.78 is 0. The van der Waals surface area contributed by atoms with Crippen molar-refractivity contribution in [1.29, 1.82) is 0 Å². The fraction of sp³-hybridized carbons (Fsp3) is 0.667. The summed E-state index contributed by atoms with van der Waals surface area (Å²) in [4.78, 5) is 13.9. The van der Waals surface area contributed by atoms with Crippen LogP contribution in [0.1, 0.15) is 25.8 Å². The Balaban J connectivity index is 2.54. The van der Waals surface area contributed by atoms with Gasteiger partial charge in [-0.05, 0) is 12.3 Å². The fourth-order valence-electron chi connectivity index (χ4n) is 1.89. The number of nitrogens with two attached hydrogens (primary N) is 1. The molecule has 0 saturated heterocycles. The molecule has 1 atom stereocenters. The highest BCUT2D eigenvalue weighted by Crippen LogP contribution is 2.14. The summed E-state index contributed by atoms with van der Waals surface area (Å²) in [7, 11) is 1.80. The smallest absolute Gasteiger partial charge is 0.227 e. The summed E-state index contributed by atoms with van der Waals surface area (Å²) in [6, 6.07) is 0. The van der Waals surface area contributed by atoms with E-state index >= 15 is 0 Å². The van der Waals surface area contributed by atoms with Crippen LogP contribution in [0.3, 0.4) is 0 Å². The Morgan fingerprint density at radius 2 is 2.29 bits per heavy atom. The van der Waals surface area contributed by atoms with E-state index in [1.54, 1.807) is 24.3 Å². The van der Waals surface area contributed by atoms with Crippen molar-refractivity contribution < 1.29 is 4.79 Å². The van der Waals surface area contributed by atoms with E-state index in [4.69, 9.17) is 5.73 Å². The summed E-state index contributed by atoms with van der Waals surface area (Å²) >= 11 is 0. The van der Waals surface area contributed by atoms with E-state index in [2.05, 4.69) is 24.0 Å². The molecule has 1 amide bonds. The van der Waals surface area contributed by atoms with Gasteiger partial charge in [0, 0.05) is 31.9 Å². The van der Waals surface area contributed by atoms with Crippen LogP contribution in [0.5, 0.6) is 0 Å². The van der Waals surface area contributed by atoms with Crippen LogP contribution in [0.25, 0.3) is 0 Å². The molecule has 0 aliphatic rings. The van der Waals surface area contributed by atoms with Gasteiger partial charge in [0.1, 0.15) is 0 Å². The monoisotopic (exact) mass is 238 g/mol. The van der Waals surface area contributed by atoms with Crippen LogP contribution in [0, 0.1) is 11.8 Å². The number of carbonyl (C=O) groups excluding carboxylic acids is 1. The molecule has 5 nitrogen and oxygen atoms in total. The third-order valence-electron chi connectivity index (χ3n) is 2.74. The molecule has 1 aromatic rings. The standard InChI is InChI=1S/C12H22N4O/c1-9(2)4-11(5-13)12(17)16(3)8-10-6-14-15-7-10/h6-7,9,11H,4-5,8,13H2,1-3H3,(H,14,15). The molecule has 0 saturated carbocycles. The largest absolute Gasteiger partial charge is 0.341 e. The molecule has 17 heavy (non-hydrogen) atoms. The van der Waals surface area contributed by atoms with Crippen LogP contribution < -0.4 is 5.73 Å². The number of carbonyl (C=O) groups is 1. The lowest BCUT2D eigenvalue weighted by atomic mass is 9.96. The lowest BCUT2D eigenvalue weighted by Gasteiger charge is -2.23. The van der Waals surface area contributed by atoms with E-state index < -0.39 is 0 Å². The average Bonchev–Trinajstić information content (AvgIpc) is 2.77. The maximum atomic E-state index is 12.2. The van der Waals surface area contributed by atoms with E-state index in [0.29, 0.717) is 19.0 Å². The molecular formula is C12H22N4O. The topological polar surface area (TPSA) is 75.0 Å². The number of nitrogens with one attached hydrogen (secondary N) is 1.